The van der Waals surface area contributed by atoms with E-state index < -0.39 is 11.9 Å². The number of aromatic nitrogens is 1. The summed E-state index contributed by atoms with van der Waals surface area (Å²) in [7, 11) is 1.49. The first-order valence-electron chi connectivity index (χ1n) is 8.45. The van der Waals surface area contributed by atoms with Crippen molar-refractivity contribution in [2.75, 3.05) is 19.0 Å². The number of nitrogens with one attached hydrogen (secondary N) is 2. The summed E-state index contributed by atoms with van der Waals surface area (Å²) in [4.78, 5) is 27.6. The highest BCUT2D eigenvalue weighted by molar-refractivity contribution is 6.32. The van der Waals surface area contributed by atoms with Crippen LogP contribution in [0.25, 0.3) is 6.08 Å². The third kappa shape index (κ3) is 4.53. The standard InChI is InChI=1S/C20H20ClN3O4/c1-5-28-20(26)18-11(2)16(23-12(18)3)8-13(10-22)19(25)24-14-6-7-17(27-4)15(21)9-14/h6-9,23H,5H2,1-4H3,(H,24,25)/b13-8+. The van der Waals surface area contributed by atoms with Gasteiger partial charge in [-0.05, 0) is 50.6 Å². The fraction of sp³-hybridized carbons (Fsp3) is 0.250. The van der Waals surface area contributed by atoms with E-state index in [9.17, 15) is 14.9 Å². The van der Waals surface area contributed by atoms with Gasteiger partial charge in [0.15, 0.2) is 0 Å². The molecule has 0 aliphatic carbocycles. The maximum absolute atomic E-state index is 12.5. The van der Waals surface area contributed by atoms with Crippen molar-refractivity contribution in [3.05, 3.63) is 51.3 Å². The first kappa shape index (κ1) is 21.1. The summed E-state index contributed by atoms with van der Waals surface area (Å²) in [5.74, 6) is -0.586. The molecule has 0 saturated heterocycles. The Labute approximate surface area is 167 Å². The minimum absolute atomic E-state index is 0.133. The molecule has 2 N–H and O–H groups in total. The van der Waals surface area contributed by atoms with E-state index in [4.69, 9.17) is 21.1 Å². The van der Waals surface area contributed by atoms with Crippen LogP contribution in [-0.4, -0.2) is 30.6 Å². The van der Waals surface area contributed by atoms with Crippen molar-refractivity contribution in [1.29, 1.82) is 5.26 Å². The van der Waals surface area contributed by atoms with Gasteiger partial charge >= 0.3 is 5.97 Å². The molecule has 0 bridgehead atoms. The molecular formula is C20H20ClN3O4. The largest absolute Gasteiger partial charge is 0.495 e. The third-order valence-electron chi connectivity index (χ3n) is 4.02. The van der Waals surface area contributed by atoms with Crippen molar-refractivity contribution in [3.8, 4) is 11.8 Å². The molecule has 146 valence electrons. The highest BCUT2D eigenvalue weighted by Gasteiger charge is 2.20. The number of aromatic amines is 1. The molecule has 1 aromatic carbocycles. The SMILES string of the molecule is CCOC(=O)c1c(C)[nH]c(/C=C(\C#N)C(=O)Nc2ccc(OC)c(Cl)c2)c1C. The van der Waals surface area contributed by atoms with E-state index in [0.29, 0.717) is 39.0 Å². The van der Waals surface area contributed by atoms with Crippen molar-refractivity contribution in [2.45, 2.75) is 20.8 Å². The van der Waals surface area contributed by atoms with E-state index in [2.05, 4.69) is 10.3 Å². The average Bonchev–Trinajstić information content (AvgIpc) is 2.93. The van der Waals surface area contributed by atoms with Gasteiger partial charge in [0, 0.05) is 17.1 Å². The number of anilines is 1. The van der Waals surface area contributed by atoms with Crippen LogP contribution in [-0.2, 0) is 9.53 Å². The first-order chi connectivity index (χ1) is 13.3. The molecule has 0 radical (unpaired) electrons. The van der Waals surface area contributed by atoms with E-state index in [1.54, 1.807) is 32.9 Å². The highest BCUT2D eigenvalue weighted by Crippen LogP contribution is 2.27. The monoisotopic (exact) mass is 401 g/mol. The van der Waals surface area contributed by atoms with E-state index in [0.717, 1.165) is 0 Å². The van der Waals surface area contributed by atoms with Gasteiger partial charge in [-0.1, -0.05) is 11.6 Å². The molecule has 0 atom stereocenters. The number of rotatable bonds is 6. The van der Waals surface area contributed by atoms with Crippen LogP contribution in [0.4, 0.5) is 5.69 Å². The van der Waals surface area contributed by atoms with E-state index in [1.165, 1.54) is 19.3 Å². The first-order valence-corrected chi connectivity index (χ1v) is 8.83. The summed E-state index contributed by atoms with van der Waals surface area (Å²) in [6.07, 6.45) is 1.39. The lowest BCUT2D eigenvalue weighted by Crippen LogP contribution is -2.13. The van der Waals surface area contributed by atoms with Crippen LogP contribution in [0.5, 0.6) is 5.75 Å². The second-order valence-corrected chi connectivity index (χ2v) is 6.26. The number of halogens is 1. The lowest BCUT2D eigenvalue weighted by molar-refractivity contribution is -0.112. The number of amides is 1. The van der Waals surface area contributed by atoms with Gasteiger partial charge in [-0.15, -0.1) is 0 Å². The summed E-state index contributed by atoms with van der Waals surface area (Å²) in [5, 5.41) is 12.3. The summed E-state index contributed by atoms with van der Waals surface area (Å²) < 4.78 is 10.1. The second-order valence-electron chi connectivity index (χ2n) is 5.86. The van der Waals surface area contributed by atoms with Gasteiger partial charge in [0.25, 0.3) is 5.91 Å². The number of H-pyrrole nitrogens is 1. The average molecular weight is 402 g/mol. The van der Waals surface area contributed by atoms with E-state index in [-0.39, 0.29) is 12.2 Å². The second kappa shape index (κ2) is 9.11. The Balaban J connectivity index is 2.30. The summed E-state index contributed by atoms with van der Waals surface area (Å²) >= 11 is 6.05. The van der Waals surface area contributed by atoms with E-state index >= 15 is 0 Å². The smallest absolute Gasteiger partial charge is 0.340 e. The highest BCUT2D eigenvalue weighted by atomic mass is 35.5. The Kier molecular flexibility index (Phi) is 6.85. The van der Waals surface area contributed by atoms with Gasteiger partial charge in [-0.2, -0.15) is 5.26 Å². The topological polar surface area (TPSA) is 104 Å². The molecule has 28 heavy (non-hydrogen) atoms. The molecule has 1 aromatic heterocycles. The predicted octanol–water partition coefficient (Wildman–Crippen LogP) is 4.02. The zero-order valence-electron chi connectivity index (χ0n) is 16.0. The molecule has 7 nitrogen and oxygen atoms in total. The number of carbonyl (C=O) groups is 2. The minimum atomic E-state index is -0.604. The van der Waals surface area contributed by atoms with Crippen LogP contribution < -0.4 is 10.1 Å². The molecule has 1 heterocycles. The number of benzene rings is 1. The molecule has 8 heteroatoms. The van der Waals surface area contributed by atoms with Gasteiger partial charge in [0.05, 0.1) is 24.3 Å². The number of hydrogen-bond acceptors (Lipinski definition) is 5. The number of nitrogens with zero attached hydrogens (tertiary/aromatic N) is 1. The molecule has 0 aliphatic rings. The number of methoxy groups -OCH3 is 1. The minimum Gasteiger partial charge on any atom is -0.495 e. The Morgan fingerprint density at radius 3 is 2.64 bits per heavy atom. The van der Waals surface area contributed by atoms with Crippen molar-refractivity contribution < 1.29 is 19.1 Å². The molecule has 1 amide bonds. The van der Waals surface area contributed by atoms with Crippen molar-refractivity contribution >= 4 is 35.2 Å². The normalized spacial score (nSPS) is 10.9. The Morgan fingerprint density at radius 2 is 2.07 bits per heavy atom. The zero-order valence-corrected chi connectivity index (χ0v) is 16.7. The Bertz CT molecular complexity index is 986. The number of hydrogen-bond donors (Lipinski definition) is 2. The van der Waals surface area contributed by atoms with Gasteiger partial charge < -0.3 is 19.8 Å². The van der Waals surface area contributed by atoms with Crippen LogP contribution in [0.1, 0.15) is 34.2 Å². The maximum Gasteiger partial charge on any atom is 0.340 e. The molecular weight excluding hydrogens is 382 g/mol. The van der Waals surface area contributed by atoms with Crippen LogP contribution in [0, 0.1) is 25.2 Å². The van der Waals surface area contributed by atoms with Gasteiger partial charge in [0.1, 0.15) is 17.4 Å². The van der Waals surface area contributed by atoms with Crippen molar-refractivity contribution in [3.63, 3.8) is 0 Å². The zero-order chi connectivity index (χ0) is 20.8. The Hall–Kier alpha value is -3.24. The number of aryl methyl sites for hydroxylation is 1. The number of esters is 1. The van der Waals surface area contributed by atoms with Crippen molar-refractivity contribution in [1.82, 2.24) is 4.98 Å². The molecule has 0 unspecified atom stereocenters. The molecule has 2 aromatic rings. The summed E-state index contributed by atoms with van der Waals surface area (Å²) in [6.45, 7) is 5.42. The molecule has 0 spiro atoms. The number of carbonyl (C=O) groups excluding carboxylic acids is 2. The van der Waals surface area contributed by atoms with Crippen LogP contribution in [0.3, 0.4) is 0 Å². The molecule has 2 rings (SSSR count). The predicted molar refractivity (Wildman–Crippen MR) is 106 cm³/mol. The molecule has 0 fully saturated rings. The van der Waals surface area contributed by atoms with Crippen LogP contribution in [0.15, 0.2) is 23.8 Å². The maximum atomic E-state index is 12.5. The van der Waals surface area contributed by atoms with Crippen LogP contribution in [0.2, 0.25) is 5.02 Å². The summed E-state index contributed by atoms with van der Waals surface area (Å²) in [5.41, 5.74) is 2.37. The van der Waals surface area contributed by atoms with Crippen LogP contribution >= 0.6 is 11.6 Å². The van der Waals surface area contributed by atoms with E-state index in [1.807, 2.05) is 6.07 Å². The van der Waals surface area contributed by atoms with Crippen molar-refractivity contribution in [2.24, 2.45) is 0 Å². The van der Waals surface area contributed by atoms with Gasteiger partial charge in [-0.25, -0.2) is 4.79 Å². The lowest BCUT2D eigenvalue weighted by atomic mass is 10.1. The number of nitriles is 1. The van der Waals surface area contributed by atoms with Gasteiger partial charge in [0.2, 0.25) is 0 Å². The molecule has 0 saturated carbocycles. The fourth-order valence-corrected chi connectivity index (χ4v) is 2.92. The number of ether oxygens (including phenoxy) is 2. The molecule has 0 aliphatic heterocycles. The quantitative estimate of drug-likeness (QED) is 0.432. The summed E-state index contributed by atoms with van der Waals surface area (Å²) in [6, 6.07) is 6.62. The fourth-order valence-electron chi connectivity index (χ4n) is 2.66. The van der Waals surface area contributed by atoms with Gasteiger partial charge in [-0.3, -0.25) is 4.79 Å². The Morgan fingerprint density at radius 1 is 1.36 bits per heavy atom. The lowest BCUT2D eigenvalue weighted by Gasteiger charge is -2.07. The third-order valence-corrected chi connectivity index (χ3v) is 4.31.